The molecule has 2 N–H and O–H groups in total. The van der Waals surface area contributed by atoms with Crippen molar-refractivity contribution >= 4 is 34.5 Å². The number of para-hydroxylation sites is 1. The lowest BCUT2D eigenvalue weighted by Gasteiger charge is -2.10. The highest BCUT2D eigenvalue weighted by atomic mass is 35.5. The Morgan fingerprint density at radius 3 is 2.10 bits per heavy atom. The molecule has 0 aliphatic carbocycles. The molecule has 4 heterocycles. The van der Waals surface area contributed by atoms with Crippen molar-refractivity contribution in [1.82, 2.24) is 39.6 Å². The lowest BCUT2D eigenvalue weighted by atomic mass is 10.2. The Morgan fingerprint density at radius 1 is 0.762 bits per heavy atom. The van der Waals surface area contributed by atoms with Gasteiger partial charge in [0.2, 0.25) is 0 Å². The van der Waals surface area contributed by atoms with Gasteiger partial charge in [-0.15, -0.1) is 30.6 Å². The number of ether oxygens (including phenoxy) is 1. The van der Waals surface area contributed by atoms with Gasteiger partial charge in [0, 0.05) is 36.0 Å². The summed E-state index contributed by atoms with van der Waals surface area (Å²) in [6, 6.07) is 23.3. The first-order chi connectivity index (χ1) is 20.4. The second kappa shape index (κ2) is 13.3. The molecule has 0 fully saturated rings. The third kappa shape index (κ3) is 6.74. The van der Waals surface area contributed by atoms with Gasteiger partial charge < -0.3 is 15.4 Å². The number of fused-ring (bicyclic) bond motifs is 2. The summed E-state index contributed by atoms with van der Waals surface area (Å²) in [5, 5.41) is 32.9. The number of aryl methyl sites for hydroxylation is 1. The van der Waals surface area contributed by atoms with Crippen LogP contribution in [0.15, 0.2) is 72.8 Å². The third-order valence-electron chi connectivity index (χ3n) is 6.49. The Bertz CT molecular complexity index is 1760. The standard InChI is InChI=1S/C16H19N5O.C14H14ClN5/c1-11(2)16-19-18-15-9-8-14(20-21(15)16)17-10-12-6-4-5-7-13(12)22-3;1-2-13-17-18-14-8-7-12(19-20(13)14)16-9-10-3-5-11(15)6-4-10/h4-9,11H,10H2,1-3H3,(H,17,20);3-8H,2,9H2,1H3,(H,16,19). The molecule has 11 nitrogen and oxygen atoms in total. The van der Waals surface area contributed by atoms with Crippen LogP contribution in [0.5, 0.6) is 5.75 Å². The summed E-state index contributed by atoms with van der Waals surface area (Å²) in [4.78, 5) is 0. The van der Waals surface area contributed by atoms with E-state index in [0.29, 0.717) is 13.1 Å². The fourth-order valence-electron chi connectivity index (χ4n) is 4.24. The lowest BCUT2D eigenvalue weighted by molar-refractivity contribution is 0.410. The average Bonchev–Trinajstić information content (AvgIpc) is 3.64. The molecule has 2 aromatic carbocycles. The second-order valence-electron chi connectivity index (χ2n) is 9.81. The van der Waals surface area contributed by atoms with Crippen LogP contribution in [0.2, 0.25) is 5.02 Å². The average molecular weight is 585 g/mol. The van der Waals surface area contributed by atoms with E-state index in [1.54, 1.807) is 16.1 Å². The van der Waals surface area contributed by atoms with Gasteiger partial charge >= 0.3 is 0 Å². The van der Waals surface area contributed by atoms with E-state index in [9.17, 15) is 0 Å². The van der Waals surface area contributed by atoms with E-state index in [-0.39, 0.29) is 5.92 Å². The Labute approximate surface area is 248 Å². The van der Waals surface area contributed by atoms with Crippen molar-refractivity contribution in [1.29, 1.82) is 0 Å². The summed E-state index contributed by atoms with van der Waals surface area (Å²) in [6.45, 7) is 7.52. The minimum absolute atomic E-state index is 0.270. The maximum absolute atomic E-state index is 5.87. The fraction of sp³-hybridized carbons (Fsp3) is 0.267. The topological polar surface area (TPSA) is 119 Å². The van der Waals surface area contributed by atoms with Crippen LogP contribution in [0, 0.1) is 0 Å². The summed E-state index contributed by atoms with van der Waals surface area (Å²) in [6.07, 6.45) is 0.800. The van der Waals surface area contributed by atoms with Gasteiger partial charge in [0.15, 0.2) is 22.9 Å². The number of hydrogen-bond donors (Lipinski definition) is 2. The van der Waals surface area contributed by atoms with Gasteiger partial charge in [-0.1, -0.05) is 62.7 Å². The second-order valence-corrected chi connectivity index (χ2v) is 10.2. The van der Waals surface area contributed by atoms with Crippen LogP contribution in [-0.2, 0) is 19.5 Å². The molecule has 0 saturated heterocycles. The van der Waals surface area contributed by atoms with Crippen molar-refractivity contribution in [2.75, 3.05) is 17.7 Å². The zero-order valence-electron chi connectivity index (χ0n) is 24.0. The molecule has 0 unspecified atom stereocenters. The smallest absolute Gasteiger partial charge is 0.178 e. The van der Waals surface area contributed by atoms with Crippen molar-refractivity contribution in [3.8, 4) is 5.75 Å². The van der Waals surface area contributed by atoms with E-state index in [2.05, 4.69) is 55.1 Å². The molecular formula is C30H33ClN10O. The van der Waals surface area contributed by atoms with Crippen LogP contribution >= 0.6 is 11.6 Å². The first kappa shape index (κ1) is 28.7. The zero-order chi connectivity index (χ0) is 29.5. The van der Waals surface area contributed by atoms with Crippen molar-refractivity contribution in [3.63, 3.8) is 0 Å². The van der Waals surface area contributed by atoms with Gasteiger partial charge in [0.25, 0.3) is 0 Å². The number of hydrogen-bond acceptors (Lipinski definition) is 9. The molecule has 4 aromatic heterocycles. The highest BCUT2D eigenvalue weighted by Crippen LogP contribution is 2.19. The number of halogens is 1. The van der Waals surface area contributed by atoms with Crippen molar-refractivity contribution in [2.45, 2.75) is 46.2 Å². The summed E-state index contributed by atoms with van der Waals surface area (Å²) in [5.41, 5.74) is 3.75. The molecule has 0 radical (unpaired) electrons. The van der Waals surface area contributed by atoms with Gasteiger partial charge in [-0.25, -0.2) is 0 Å². The Morgan fingerprint density at radius 2 is 1.40 bits per heavy atom. The van der Waals surface area contributed by atoms with Crippen LogP contribution in [-0.4, -0.2) is 46.7 Å². The lowest BCUT2D eigenvalue weighted by Crippen LogP contribution is -2.07. The fourth-order valence-corrected chi connectivity index (χ4v) is 4.36. The molecule has 42 heavy (non-hydrogen) atoms. The van der Waals surface area contributed by atoms with Gasteiger partial charge in [0.05, 0.1) is 7.11 Å². The number of nitrogens with one attached hydrogen (secondary N) is 2. The predicted octanol–water partition coefficient (Wildman–Crippen LogP) is 5.82. The van der Waals surface area contributed by atoms with Crippen LogP contribution < -0.4 is 15.4 Å². The van der Waals surface area contributed by atoms with Crippen LogP contribution in [0.4, 0.5) is 11.6 Å². The largest absolute Gasteiger partial charge is 0.496 e. The molecule has 0 saturated carbocycles. The number of anilines is 2. The van der Waals surface area contributed by atoms with Gasteiger partial charge in [-0.3, -0.25) is 0 Å². The highest BCUT2D eigenvalue weighted by Gasteiger charge is 2.11. The summed E-state index contributed by atoms with van der Waals surface area (Å²) < 4.78 is 8.91. The van der Waals surface area contributed by atoms with E-state index in [4.69, 9.17) is 16.3 Å². The molecular weight excluding hydrogens is 552 g/mol. The molecule has 6 rings (SSSR count). The molecule has 12 heteroatoms. The molecule has 0 bridgehead atoms. The van der Waals surface area contributed by atoms with E-state index in [1.807, 2.05) is 79.7 Å². The monoisotopic (exact) mass is 584 g/mol. The Balaban J connectivity index is 0.000000169. The van der Waals surface area contributed by atoms with Gasteiger partial charge in [0.1, 0.15) is 17.4 Å². The highest BCUT2D eigenvalue weighted by molar-refractivity contribution is 6.30. The van der Waals surface area contributed by atoms with Crippen molar-refractivity contribution in [3.05, 3.63) is 101 Å². The molecule has 0 spiro atoms. The Kier molecular flexibility index (Phi) is 9.08. The number of aromatic nitrogens is 8. The van der Waals surface area contributed by atoms with Crippen LogP contribution in [0.25, 0.3) is 11.3 Å². The van der Waals surface area contributed by atoms with E-state index in [0.717, 1.165) is 62.9 Å². The summed E-state index contributed by atoms with van der Waals surface area (Å²) in [7, 11) is 1.68. The maximum atomic E-state index is 5.87. The molecule has 0 aliphatic heterocycles. The van der Waals surface area contributed by atoms with E-state index < -0.39 is 0 Å². The predicted molar refractivity (Wildman–Crippen MR) is 164 cm³/mol. The summed E-state index contributed by atoms with van der Waals surface area (Å²) >= 11 is 5.87. The number of nitrogens with zero attached hydrogens (tertiary/aromatic N) is 8. The molecule has 216 valence electrons. The van der Waals surface area contributed by atoms with Crippen molar-refractivity contribution in [2.24, 2.45) is 0 Å². The first-order valence-corrected chi connectivity index (χ1v) is 14.1. The van der Waals surface area contributed by atoms with Gasteiger partial charge in [-0.05, 0) is 48.0 Å². The first-order valence-electron chi connectivity index (χ1n) is 13.7. The normalized spacial score (nSPS) is 11.0. The minimum Gasteiger partial charge on any atom is -0.496 e. The van der Waals surface area contributed by atoms with Crippen LogP contribution in [0.1, 0.15) is 49.5 Å². The molecule has 0 aliphatic rings. The number of rotatable bonds is 9. The molecule has 0 amide bonds. The van der Waals surface area contributed by atoms with E-state index >= 15 is 0 Å². The summed E-state index contributed by atoms with van der Waals surface area (Å²) in [5.74, 6) is 4.42. The van der Waals surface area contributed by atoms with E-state index in [1.165, 1.54) is 0 Å². The Hall–Kier alpha value is -4.77. The maximum Gasteiger partial charge on any atom is 0.178 e. The van der Waals surface area contributed by atoms with Crippen molar-refractivity contribution < 1.29 is 4.74 Å². The third-order valence-corrected chi connectivity index (χ3v) is 6.74. The van der Waals surface area contributed by atoms with Gasteiger partial charge in [-0.2, -0.15) is 9.03 Å². The van der Waals surface area contributed by atoms with Crippen LogP contribution in [0.3, 0.4) is 0 Å². The number of benzene rings is 2. The SMILES string of the molecule is CCc1nnc2ccc(NCc3ccc(Cl)cc3)nn12.COc1ccccc1CNc1ccc2nnc(C(C)C)n2n1. The molecule has 0 atom stereocenters. The zero-order valence-corrected chi connectivity index (χ0v) is 24.7. The molecule has 6 aromatic rings. The number of methoxy groups -OCH3 is 1. The quantitative estimate of drug-likeness (QED) is 0.216. The minimum atomic E-state index is 0.270.